The fraction of sp³-hybridized carbons (Fsp3) is 0.385. The number of hydrogen-bond acceptors (Lipinski definition) is 6. The number of amides is 2. The maximum atomic E-state index is 12.9. The van der Waals surface area contributed by atoms with E-state index in [0.29, 0.717) is 5.69 Å². The lowest BCUT2D eigenvalue weighted by molar-refractivity contribution is 0.0663. The van der Waals surface area contributed by atoms with Gasteiger partial charge in [0, 0.05) is 35.4 Å². The van der Waals surface area contributed by atoms with Crippen LogP contribution in [-0.2, 0) is 4.74 Å². The van der Waals surface area contributed by atoms with Crippen LogP contribution in [0.5, 0.6) is 0 Å². The highest BCUT2D eigenvalue weighted by Gasteiger charge is 2.51. The Morgan fingerprint density at radius 3 is 2.50 bits per heavy atom. The van der Waals surface area contributed by atoms with Crippen LogP contribution in [0.3, 0.4) is 0 Å². The monoisotopic (exact) mass is 476 g/mol. The highest BCUT2D eigenvalue weighted by Crippen LogP contribution is 2.44. The second-order valence-electron chi connectivity index (χ2n) is 9.44. The van der Waals surface area contributed by atoms with Gasteiger partial charge in [-0.1, -0.05) is 30.3 Å². The van der Waals surface area contributed by atoms with E-state index in [9.17, 15) is 9.59 Å². The average Bonchev–Trinajstić information content (AvgIpc) is 3.43. The van der Waals surface area contributed by atoms with Crippen molar-refractivity contribution >= 4 is 23.3 Å². The number of benzene rings is 1. The van der Waals surface area contributed by atoms with E-state index < -0.39 is 5.60 Å². The van der Waals surface area contributed by atoms with E-state index in [4.69, 9.17) is 4.74 Å². The molecule has 2 fully saturated rings. The van der Waals surface area contributed by atoms with Gasteiger partial charge in [0.1, 0.15) is 16.3 Å². The smallest absolute Gasteiger partial charge is 0.411 e. The first-order valence-electron chi connectivity index (χ1n) is 11.7. The highest BCUT2D eigenvalue weighted by molar-refractivity contribution is 7.13. The van der Waals surface area contributed by atoms with Crippen LogP contribution in [0.4, 0.5) is 4.79 Å². The standard InChI is InChI=1S/C26H28N4O3S/c1-26(2)22(17-6-4-3-5-7-17)30(25(32)33-26)20-10-8-19(9-11-20)28-23(31)21-16-34-24(29-21)18-12-14-27-15-13-18/h3-7,12-16,19-20,22H,8-11H2,1-2H3,(H,28,31)/t19?,20?,22-/m0/s1. The summed E-state index contributed by atoms with van der Waals surface area (Å²) in [7, 11) is 0. The Bertz CT molecular complexity index is 1160. The molecule has 2 aromatic heterocycles. The molecule has 1 aliphatic heterocycles. The number of rotatable bonds is 5. The quantitative estimate of drug-likeness (QED) is 0.546. The molecule has 3 aromatic rings. The minimum absolute atomic E-state index is 0.0663. The van der Waals surface area contributed by atoms with Gasteiger partial charge >= 0.3 is 6.09 Å². The van der Waals surface area contributed by atoms with Crippen molar-refractivity contribution < 1.29 is 14.3 Å². The van der Waals surface area contributed by atoms with Crippen molar-refractivity contribution in [2.24, 2.45) is 0 Å². The largest absolute Gasteiger partial charge is 0.441 e. The Kier molecular flexibility index (Phi) is 6.08. The number of carbonyl (C=O) groups is 2. The molecule has 1 aromatic carbocycles. The molecule has 1 atom stereocenters. The Hall–Kier alpha value is -3.26. The predicted octanol–water partition coefficient (Wildman–Crippen LogP) is 5.22. The average molecular weight is 477 g/mol. The maximum absolute atomic E-state index is 12.9. The molecule has 8 heteroatoms. The van der Waals surface area contributed by atoms with Crippen molar-refractivity contribution in [3.05, 3.63) is 71.5 Å². The van der Waals surface area contributed by atoms with E-state index in [1.807, 2.05) is 49.1 Å². The van der Waals surface area contributed by atoms with Crippen molar-refractivity contribution in [2.45, 2.75) is 63.3 Å². The molecule has 2 aliphatic rings. The molecular weight excluding hydrogens is 448 g/mol. The molecular formula is C26H28N4O3S. The molecule has 2 amide bonds. The first-order chi connectivity index (χ1) is 16.4. The van der Waals surface area contributed by atoms with Crippen LogP contribution in [0.2, 0.25) is 0 Å². The Morgan fingerprint density at radius 2 is 1.79 bits per heavy atom. The Labute approximate surface area is 203 Å². The van der Waals surface area contributed by atoms with Crippen LogP contribution in [0, 0.1) is 0 Å². The zero-order valence-corrected chi connectivity index (χ0v) is 20.1. The number of pyridine rings is 1. The number of thiazole rings is 1. The van der Waals surface area contributed by atoms with Crippen LogP contribution < -0.4 is 5.32 Å². The normalized spacial score (nSPS) is 24.0. The summed E-state index contributed by atoms with van der Waals surface area (Å²) in [5, 5.41) is 5.74. The molecule has 1 N–H and O–H groups in total. The lowest BCUT2D eigenvalue weighted by Gasteiger charge is -2.38. The molecule has 34 heavy (non-hydrogen) atoms. The van der Waals surface area contributed by atoms with E-state index >= 15 is 0 Å². The van der Waals surface area contributed by atoms with Gasteiger partial charge in [-0.05, 0) is 57.2 Å². The van der Waals surface area contributed by atoms with Crippen LogP contribution in [0.25, 0.3) is 10.6 Å². The third-order valence-corrected chi connectivity index (χ3v) is 7.59. The van der Waals surface area contributed by atoms with Gasteiger partial charge < -0.3 is 10.1 Å². The van der Waals surface area contributed by atoms with Crippen molar-refractivity contribution in [3.8, 4) is 10.6 Å². The van der Waals surface area contributed by atoms with Gasteiger partial charge in [0.05, 0.1) is 6.04 Å². The molecule has 3 heterocycles. The molecule has 1 aliphatic carbocycles. The van der Waals surface area contributed by atoms with Crippen molar-refractivity contribution in [1.29, 1.82) is 0 Å². The lowest BCUT2D eigenvalue weighted by Crippen LogP contribution is -2.46. The fourth-order valence-electron chi connectivity index (χ4n) is 5.09. The summed E-state index contributed by atoms with van der Waals surface area (Å²) < 4.78 is 5.78. The third kappa shape index (κ3) is 4.42. The molecule has 7 nitrogen and oxygen atoms in total. The molecule has 1 saturated heterocycles. The number of aromatic nitrogens is 2. The fourth-order valence-corrected chi connectivity index (χ4v) is 5.90. The zero-order chi connectivity index (χ0) is 23.7. The summed E-state index contributed by atoms with van der Waals surface area (Å²) in [6.45, 7) is 3.95. The SMILES string of the molecule is CC1(C)OC(=O)N(C2CCC(NC(=O)c3csc(-c4ccncc4)n3)CC2)[C@H]1c1ccccc1. The molecule has 176 valence electrons. The van der Waals surface area contributed by atoms with E-state index in [1.165, 1.54) is 11.3 Å². The van der Waals surface area contributed by atoms with Crippen LogP contribution in [0.15, 0.2) is 60.2 Å². The number of hydrogen-bond donors (Lipinski definition) is 1. The molecule has 0 spiro atoms. The van der Waals surface area contributed by atoms with E-state index in [-0.39, 0.29) is 30.1 Å². The summed E-state index contributed by atoms with van der Waals surface area (Å²) in [6, 6.07) is 13.9. The molecule has 0 bridgehead atoms. The van der Waals surface area contributed by atoms with Crippen LogP contribution in [-0.4, -0.2) is 44.6 Å². The predicted molar refractivity (Wildman–Crippen MR) is 130 cm³/mol. The lowest BCUT2D eigenvalue weighted by atomic mass is 9.86. The summed E-state index contributed by atoms with van der Waals surface area (Å²) in [6.07, 6.45) is 6.44. The van der Waals surface area contributed by atoms with Crippen LogP contribution >= 0.6 is 11.3 Å². The van der Waals surface area contributed by atoms with Gasteiger partial charge in [0.2, 0.25) is 0 Å². The van der Waals surface area contributed by atoms with Gasteiger partial charge in [-0.15, -0.1) is 11.3 Å². The number of cyclic esters (lactones) is 1. The molecule has 5 rings (SSSR count). The van der Waals surface area contributed by atoms with Crippen molar-refractivity contribution in [2.75, 3.05) is 0 Å². The second-order valence-corrected chi connectivity index (χ2v) is 10.3. The van der Waals surface area contributed by atoms with E-state index in [2.05, 4.69) is 27.4 Å². The summed E-state index contributed by atoms with van der Waals surface area (Å²) in [4.78, 5) is 36.1. The van der Waals surface area contributed by atoms with E-state index in [0.717, 1.165) is 41.8 Å². The number of nitrogens with zero attached hydrogens (tertiary/aromatic N) is 3. The third-order valence-electron chi connectivity index (χ3n) is 6.70. The number of ether oxygens (including phenoxy) is 1. The summed E-state index contributed by atoms with van der Waals surface area (Å²) in [5.74, 6) is -0.149. The first kappa shape index (κ1) is 22.5. The van der Waals surface area contributed by atoms with Gasteiger partial charge in [-0.3, -0.25) is 14.7 Å². The highest BCUT2D eigenvalue weighted by atomic mass is 32.1. The Balaban J connectivity index is 1.22. The van der Waals surface area contributed by atoms with E-state index in [1.54, 1.807) is 17.8 Å². The van der Waals surface area contributed by atoms with Gasteiger partial charge in [-0.25, -0.2) is 9.78 Å². The maximum Gasteiger partial charge on any atom is 0.411 e. The van der Waals surface area contributed by atoms with Gasteiger partial charge in [0.25, 0.3) is 5.91 Å². The summed E-state index contributed by atoms with van der Waals surface area (Å²) >= 11 is 1.45. The van der Waals surface area contributed by atoms with Gasteiger partial charge in [-0.2, -0.15) is 0 Å². The van der Waals surface area contributed by atoms with Gasteiger partial charge in [0.15, 0.2) is 0 Å². The molecule has 1 saturated carbocycles. The van der Waals surface area contributed by atoms with Crippen molar-refractivity contribution in [1.82, 2.24) is 20.2 Å². The van der Waals surface area contributed by atoms with Crippen molar-refractivity contribution in [3.63, 3.8) is 0 Å². The Morgan fingerprint density at radius 1 is 1.09 bits per heavy atom. The topological polar surface area (TPSA) is 84.4 Å². The minimum atomic E-state index is -0.597. The molecule has 0 unspecified atom stereocenters. The first-order valence-corrected chi connectivity index (χ1v) is 12.5. The summed E-state index contributed by atoms with van der Waals surface area (Å²) in [5.41, 5.74) is 1.88. The second kappa shape index (κ2) is 9.18. The molecule has 0 radical (unpaired) electrons. The zero-order valence-electron chi connectivity index (χ0n) is 19.3. The van der Waals surface area contributed by atoms with Crippen LogP contribution in [0.1, 0.15) is 61.6 Å². The minimum Gasteiger partial charge on any atom is -0.441 e. The number of nitrogens with one attached hydrogen (secondary N) is 1. The number of carbonyl (C=O) groups excluding carboxylic acids is 2.